The maximum Gasteiger partial charge on any atom is 0.357 e. The summed E-state index contributed by atoms with van der Waals surface area (Å²) in [4.78, 5) is 30.2. The minimum Gasteiger partial charge on any atom is -0.462 e. The maximum absolute atomic E-state index is 13.0. The first-order valence-electron chi connectivity index (χ1n) is 14.2. The van der Waals surface area contributed by atoms with Gasteiger partial charge in [-0.1, -0.05) is 12.1 Å². The molecule has 2 aliphatic heterocycles. The van der Waals surface area contributed by atoms with Gasteiger partial charge in [0.1, 0.15) is 17.9 Å². The quantitative estimate of drug-likeness (QED) is 0.485. The van der Waals surface area contributed by atoms with Crippen molar-refractivity contribution in [2.45, 2.75) is 135 Å². The van der Waals surface area contributed by atoms with Crippen LogP contribution in [-0.4, -0.2) is 51.3 Å². The number of piperidine rings is 2. The highest BCUT2D eigenvalue weighted by Gasteiger charge is 2.41. The molecule has 0 radical (unpaired) electrons. The number of rotatable bonds is 5. The Hall–Kier alpha value is -2.25. The van der Waals surface area contributed by atoms with Gasteiger partial charge in [0.15, 0.2) is 0 Å². The topological polar surface area (TPSA) is 89.6 Å². The molecule has 3 heterocycles. The van der Waals surface area contributed by atoms with Crippen LogP contribution in [0, 0.1) is 5.92 Å². The molecule has 3 aliphatic rings. The van der Waals surface area contributed by atoms with E-state index in [4.69, 9.17) is 9.47 Å². The summed E-state index contributed by atoms with van der Waals surface area (Å²) in [7, 11) is 0. The van der Waals surface area contributed by atoms with E-state index in [-0.39, 0.29) is 52.2 Å². The molecule has 0 amide bonds. The van der Waals surface area contributed by atoms with E-state index < -0.39 is 0 Å². The predicted octanol–water partition coefficient (Wildman–Crippen LogP) is 5.58. The average molecular weight is 526 g/mol. The van der Waals surface area contributed by atoms with Crippen molar-refractivity contribution in [3.8, 4) is 0 Å². The number of esters is 2. The van der Waals surface area contributed by atoms with Gasteiger partial charge in [0.05, 0.1) is 5.92 Å². The maximum atomic E-state index is 13.0. The van der Waals surface area contributed by atoms with Crippen molar-refractivity contribution in [1.29, 1.82) is 0 Å². The van der Waals surface area contributed by atoms with Crippen molar-refractivity contribution >= 4 is 17.5 Å². The minimum atomic E-state index is -0.375. The van der Waals surface area contributed by atoms with Crippen LogP contribution in [0.3, 0.4) is 0 Å². The fourth-order valence-corrected chi connectivity index (χ4v) is 7.11. The standard InChI is InChI=1S/C31H47N3O4/c1-28(2)15-23(16-29(3,4)33-28)37-26(35)21-11-9-20(10-12-21)22-13-14-25(32-19-22)27(36)38-24-17-30(5,6)34-31(7,8)18-24/h9,13-14,19,21,23-24,33-34H,10-12,15-18H2,1-8H3. The molecule has 1 aromatic rings. The monoisotopic (exact) mass is 525 g/mol. The molecule has 0 aromatic carbocycles. The summed E-state index contributed by atoms with van der Waals surface area (Å²) in [5.41, 5.74) is 2.17. The number of allylic oxidation sites excluding steroid dienone is 2. The van der Waals surface area contributed by atoms with Gasteiger partial charge in [-0.25, -0.2) is 9.78 Å². The Balaban J connectivity index is 1.31. The van der Waals surface area contributed by atoms with Gasteiger partial charge in [0.25, 0.3) is 0 Å². The highest BCUT2D eigenvalue weighted by atomic mass is 16.5. The van der Waals surface area contributed by atoms with Crippen molar-refractivity contribution in [3.05, 3.63) is 35.7 Å². The second-order valence-electron chi connectivity index (χ2n) is 14.3. The summed E-state index contributed by atoms with van der Waals surface area (Å²) in [6.07, 6.45) is 9.06. The third-order valence-corrected chi connectivity index (χ3v) is 7.95. The Kier molecular flexibility index (Phi) is 7.85. The van der Waals surface area contributed by atoms with E-state index in [1.54, 1.807) is 12.3 Å². The van der Waals surface area contributed by atoms with E-state index in [1.165, 1.54) is 0 Å². The molecule has 2 saturated heterocycles. The number of nitrogens with zero attached hydrogens (tertiary/aromatic N) is 1. The highest BCUT2D eigenvalue weighted by Crippen LogP contribution is 2.35. The number of hydrogen-bond donors (Lipinski definition) is 2. The van der Waals surface area contributed by atoms with Crippen molar-refractivity contribution < 1.29 is 19.1 Å². The Morgan fingerprint density at radius 3 is 1.79 bits per heavy atom. The molecule has 2 fully saturated rings. The zero-order valence-corrected chi connectivity index (χ0v) is 24.6. The Labute approximate surface area is 228 Å². The first-order chi connectivity index (χ1) is 17.5. The molecule has 1 unspecified atom stereocenters. The largest absolute Gasteiger partial charge is 0.462 e. The van der Waals surface area contributed by atoms with Crippen molar-refractivity contribution in [1.82, 2.24) is 15.6 Å². The van der Waals surface area contributed by atoms with Gasteiger partial charge in [0.2, 0.25) is 0 Å². The molecule has 7 heteroatoms. The van der Waals surface area contributed by atoms with Crippen LogP contribution >= 0.6 is 0 Å². The number of carbonyl (C=O) groups is 2. The lowest BCUT2D eigenvalue weighted by Crippen LogP contribution is -2.59. The van der Waals surface area contributed by atoms with Crippen LogP contribution in [-0.2, 0) is 14.3 Å². The summed E-state index contributed by atoms with van der Waals surface area (Å²) >= 11 is 0. The molecule has 2 N–H and O–H groups in total. The molecular weight excluding hydrogens is 478 g/mol. The van der Waals surface area contributed by atoms with Crippen molar-refractivity contribution in [3.63, 3.8) is 0 Å². The molecule has 1 aromatic heterocycles. The number of aromatic nitrogens is 1. The summed E-state index contributed by atoms with van der Waals surface area (Å²) in [6.45, 7) is 17.2. The number of hydrogen-bond acceptors (Lipinski definition) is 7. The van der Waals surface area contributed by atoms with Gasteiger partial charge >= 0.3 is 11.9 Å². The van der Waals surface area contributed by atoms with E-state index >= 15 is 0 Å². The van der Waals surface area contributed by atoms with Crippen LogP contribution < -0.4 is 10.6 Å². The van der Waals surface area contributed by atoms with E-state index in [9.17, 15) is 9.59 Å². The molecule has 1 atom stereocenters. The fourth-order valence-electron chi connectivity index (χ4n) is 7.11. The minimum absolute atomic E-state index is 0.0568. The molecule has 7 nitrogen and oxygen atoms in total. The Bertz CT molecular complexity index is 1040. The third-order valence-electron chi connectivity index (χ3n) is 7.95. The average Bonchev–Trinajstić information content (AvgIpc) is 2.75. The summed E-state index contributed by atoms with van der Waals surface area (Å²) in [5, 5.41) is 7.25. The smallest absolute Gasteiger partial charge is 0.357 e. The third kappa shape index (κ3) is 7.44. The summed E-state index contributed by atoms with van der Waals surface area (Å²) in [5.74, 6) is -0.570. The zero-order chi connectivity index (χ0) is 27.9. The van der Waals surface area contributed by atoms with Crippen LogP contribution in [0.1, 0.15) is 116 Å². The normalized spacial score (nSPS) is 26.7. The predicted molar refractivity (Wildman–Crippen MR) is 150 cm³/mol. The highest BCUT2D eigenvalue weighted by molar-refractivity contribution is 5.87. The van der Waals surface area contributed by atoms with E-state index in [2.05, 4.69) is 77.1 Å². The van der Waals surface area contributed by atoms with Crippen LogP contribution in [0.2, 0.25) is 0 Å². The van der Waals surface area contributed by atoms with Gasteiger partial charge in [-0.05, 0) is 91.9 Å². The van der Waals surface area contributed by atoms with Gasteiger partial charge < -0.3 is 20.1 Å². The molecule has 0 spiro atoms. The Morgan fingerprint density at radius 2 is 1.34 bits per heavy atom. The molecule has 1 aliphatic carbocycles. The second-order valence-corrected chi connectivity index (χ2v) is 14.3. The van der Waals surface area contributed by atoms with Gasteiger partial charge in [0, 0.05) is 54.0 Å². The lowest BCUT2D eigenvalue weighted by Gasteiger charge is -2.46. The van der Waals surface area contributed by atoms with Crippen LogP contribution in [0.25, 0.3) is 5.57 Å². The molecule has 4 rings (SSSR count). The van der Waals surface area contributed by atoms with Crippen LogP contribution in [0.4, 0.5) is 0 Å². The first kappa shape index (κ1) is 28.8. The SMILES string of the molecule is CC1(C)CC(OC(=O)c2ccc(C3=CCC(C(=O)OC4CC(C)(C)NC(C)(C)C4)CC3)cn2)CC(C)(C)N1. The fraction of sp³-hybridized carbons (Fsp3) is 0.710. The van der Waals surface area contributed by atoms with Gasteiger partial charge in [-0.15, -0.1) is 0 Å². The van der Waals surface area contributed by atoms with E-state index in [1.807, 2.05) is 6.07 Å². The van der Waals surface area contributed by atoms with Crippen LogP contribution in [0.15, 0.2) is 24.4 Å². The Morgan fingerprint density at radius 1 is 0.816 bits per heavy atom. The molecular formula is C31H47N3O4. The van der Waals surface area contributed by atoms with E-state index in [0.717, 1.165) is 49.7 Å². The number of carbonyl (C=O) groups excluding carboxylic acids is 2. The van der Waals surface area contributed by atoms with Gasteiger partial charge in [-0.2, -0.15) is 0 Å². The molecule has 38 heavy (non-hydrogen) atoms. The zero-order valence-electron chi connectivity index (χ0n) is 24.6. The van der Waals surface area contributed by atoms with Crippen molar-refractivity contribution in [2.24, 2.45) is 5.92 Å². The van der Waals surface area contributed by atoms with Crippen LogP contribution in [0.5, 0.6) is 0 Å². The molecule has 210 valence electrons. The van der Waals surface area contributed by atoms with E-state index in [0.29, 0.717) is 12.1 Å². The lowest BCUT2D eigenvalue weighted by molar-refractivity contribution is -0.158. The summed E-state index contributed by atoms with van der Waals surface area (Å²) in [6, 6.07) is 3.68. The van der Waals surface area contributed by atoms with Gasteiger partial charge in [-0.3, -0.25) is 4.79 Å². The first-order valence-corrected chi connectivity index (χ1v) is 14.2. The number of pyridine rings is 1. The number of ether oxygens (including phenoxy) is 2. The molecule has 0 saturated carbocycles. The number of nitrogens with one attached hydrogen (secondary N) is 2. The summed E-state index contributed by atoms with van der Waals surface area (Å²) < 4.78 is 11.8. The van der Waals surface area contributed by atoms with Crippen molar-refractivity contribution in [2.75, 3.05) is 0 Å². The second kappa shape index (κ2) is 10.4. The lowest BCUT2D eigenvalue weighted by atomic mass is 9.81. The molecule has 0 bridgehead atoms.